The normalized spacial score (nSPS) is 17.2. The summed E-state index contributed by atoms with van der Waals surface area (Å²) in [5, 5.41) is 12.9. The number of nitrogens with zero attached hydrogens (tertiary/aromatic N) is 2. The standard InChI is InChI=1S/C29H35N3O6S/c1-3-18-6-8-20(9-7-18)25-24(26(33)30-2)22-16-21(19-10-11-19)23(31-27(22)38-25)17-32(39(36)37)15-5-14-29(28(34)35)12-4-13-29/h6-9,16,19H,3-5,10-15,17H2,1-2H3,(H,30,33)(H,34,35)(H,36,37)/p-1. The topological polar surface area (TPSA) is 136 Å². The Hall–Kier alpha value is -3.08. The molecule has 39 heavy (non-hydrogen) atoms. The third-order valence-corrected chi connectivity index (χ3v) is 8.99. The van der Waals surface area contributed by atoms with Crippen LogP contribution in [0.5, 0.6) is 0 Å². The molecule has 2 saturated carbocycles. The van der Waals surface area contributed by atoms with E-state index in [0.717, 1.165) is 36.8 Å². The summed E-state index contributed by atoms with van der Waals surface area (Å²) in [4.78, 5) is 29.5. The Morgan fingerprint density at radius 3 is 2.51 bits per heavy atom. The van der Waals surface area contributed by atoms with Gasteiger partial charge in [-0.3, -0.25) is 13.8 Å². The number of benzene rings is 1. The van der Waals surface area contributed by atoms with E-state index in [0.29, 0.717) is 53.8 Å². The number of carboxylic acids is 1. The molecule has 1 aromatic carbocycles. The zero-order valence-electron chi connectivity index (χ0n) is 22.3. The minimum absolute atomic E-state index is 0.0640. The van der Waals surface area contributed by atoms with Crippen molar-refractivity contribution in [2.75, 3.05) is 13.6 Å². The molecule has 0 aliphatic heterocycles. The van der Waals surface area contributed by atoms with Crippen molar-refractivity contribution in [3.8, 4) is 11.3 Å². The fraction of sp³-hybridized carbons (Fsp3) is 0.483. The van der Waals surface area contributed by atoms with Crippen molar-refractivity contribution in [1.82, 2.24) is 14.6 Å². The van der Waals surface area contributed by atoms with Gasteiger partial charge < -0.3 is 19.4 Å². The van der Waals surface area contributed by atoms with E-state index < -0.39 is 22.7 Å². The molecule has 0 bridgehead atoms. The lowest BCUT2D eigenvalue weighted by molar-refractivity contribution is -0.155. The van der Waals surface area contributed by atoms with E-state index in [-0.39, 0.29) is 24.9 Å². The highest BCUT2D eigenvalue weighted by Gasteiger charge is 2.43. The largest absolute Gasteiger partial charge is 0.760 e. The summed E-state index contributed by atoms with van der Waals surface area (Å²) < 4.78 is 31.8. The smallest absolute Gasteiger partial charge is 0.309 e. The molecule has 2 fully saturated rings. The van der Waals surface area contributed by atoms with Gasteiger partial charge in [0.15, 0.2) is 0 Å². The zero-order chi connectivity index (χ0) is 27.7. The Morgan fingerprint density at radius 1 is 1.26 bits per heavy atom. The molecule has 1 atom stereocenters. The Labute approximate surface area is 230 Å². The molecule has 5 rings (SSSR count). The minimum atomic E-state index is -2.50. The molecule has 1 amide bonds. The van der Waals surface area contributed by atoms with Crippen LogP contribution < -0.4 is 5.32 Å². The average Bonchev–Trinajstić information content (AvgIpc) is 3.68. The molecule has 9 nitrogen and oxygen atoms in total. The number of carbonyl (C=O) groups excluding carboxylic acids is 1. The highest BCUT2D eigenvalue weighted by molar-refractivity contribution is 7.76. The van der Waals surface area contributed by atoms with E-state index in [4.69, 9.17) is 9.40 Å². The Balaban J connectivity index is 1.47. The molecule has 2 aliphatic carbocycles. The number of hydrogen-bond donors (Lipinski definition) is 2. The van der Waals surface area contributed by atoms with Gasteiger partial charge in [-0.2, -0.15) is 0 Å². The molecule has 2 heterocycles. The van der Waals surface area contributed by atoms with Crippen molar-refractivity contribution in [2.24, 2.45) is 5.41 Å². The van der Waals surface area contributed by atoms with Gasteiger partial charge >= 0.3 is 5.97 Å². The number of fused-ring (bicyclic) bond motifs is 1. The maximum atomic E-state index is 13.0. The average molecular weight is 553 g/mol. The van der Waals surface area contributed by atoms with Gasteiger partial charge in [0.2, 0.25) is 5.71 Å². The van der Waals surface area contributed by atoms with Crippen LogP contribution in [0.1, 0.15) is 85.0 Å². The number of furan rings is 1. The second kappa shape index (κ2) is 11.2. The Morgan fingerprint density at radius 2 is 1.97 bits per heavy atom. The van der Waals surface area contributed by atoms with E-state index >= 15 is 0 Å². The third kappa shape index (κ3) is 5.50. The number of aryl methyl sites for hydroxylation is 1. The van der Waals surface area contributed by atoms with E-state index in [2.05, 4.69) is 12.2 Å². The van der Waals surface area contributed by atoms with Gasteiger partial charge in [-0.05, 0) is 68.1 Å². The molecule has 3 aromatic rings. The van der Waals surface area contributed by atoms with Crippen molar-refractivity contribution in [3.05, 3.63) is 52.7 Å². The summed E-state index contributed by atoms with van der Waals surface area (Å²) in [6, 6.07) is 9.81. The van der Waals surface area contributed by atoms with E-state index in [9.17, 15) is 23.5 Å². The third-order valence-electron chi connectivity index (χ3n) is 8.25. The van der Waals surface area contributed by atoms with Crippen LogP contribution >= 0.6 is 0 Å². The van der Waals surface area contributed by atoms with E-state index in [1.54, 1.807) is 7.05 Å². The van der Waals surface area contributed by atoms with Crippen LogP contribution in [0.25, 0.3) is 22.4 Å². The van der Waals surface area contributed by atoms with Crippen molar-refractivity contribution in [1.29, 1.82) is 0 Å². The zero-order valence-corrected chi connectivity index (χ0v) is 23.1. The second-order valence-electron chi connectivity index (χ2n) is 10.7. The maximum Gasteiger partial charge on any atom is 0.309 e. The number of hydrogen-bond acceptors (Lipinski definition) is 6. The highest BCUT2D eigenvalue weighted by Crippen LogP contribution is 2.46. The number of amides is 1. The first kappa shape index (κ1) is 27.5. The Bertz CT molecular complexity index is 1410. The lowest BCUT2D eigenvalue weighted by Crippen LogP contribution is -2.38. The lowest BCUT2D eigenvalue weighted by atomic mass is 9.66. The fourth-order valence-electron chi connectivity index (χ4n) is 5.54. The molecule has 0 radical (unpaired) electrons. The van der Waals surface area contributed by atoms with Crippen molar-refractivity contribution >= 4 is 34.2 Å². The molecule has 0 saturated heterocycles. The number of carbonyl (C=O) groups is 2. The van der Waals surface area contributed by atoms with Crippen LogP contribution in [0.2, 0.25) is 0 Å². The molecular formula is C29H34N3O6S-. The highest BCUT2D eigenvalue weighted by atomic mass is 32.2. The summed E-state index contributed by atoms with van der Waals surface area (Å²) >= 11 is -2.50. The molecular weight excluding hydrogens is 518 g/mol. The number of carboxylic acid groups (broad SMARTS) is 1. The van der Waals surface area contributed by atoms with Crippen LogP contribution in [0.3, 0.4) is 0 Å². The molecule has 2 aliphatic rings. The SMILES string of the molecule is CCc1ccc(-c2oc3nc(CN(CCCC4(C(=O)O)CCC4)S(=O)[O-])c(C4CC4)cc3c2C(=O)NC)cc1. The Kier molecular flexibility index (Phi) is 7.89. The van der Waals surface area contributed by atoms with Gasteiger partial charge in [0, 0.05) is 30.4 Å². The van der Waals surface area contributed by atoms with Gasteiger partial charge in [0.25, 0.3) is 5.91 Å². The molecule has 10 heteroatoms. The summed E-state index contributed by atoms with van der Waals surface area (Å²) in [5.41, 5.74) is 3.46. The van der Waals surface area contributed by atoms with Gasteiger partial charge in [-0.15, -0.1) is 0 Å². The first-order valence-corrected chi connectivity index (χ1v) is 14.6. The number of nitrogens with one attached hydrogen (secondary N) is 1. The predicted octanol–water partition coefficient (Wildman–Crippen LogP) is 4.93. The van der Waals surface area contributed by atoms with Gasteiger partial charge in [-0.25, -0.2) is 9.29 Å². The van der Waals surface area contributed by atoms with Crippen molar-refractivity contribution < 1.29 is 27.9 Å². The number of aromatic nitrogens is 1. The molecule has 2 aromatic heterocycles. The van der Waals surface area contributed by atoms with Crippen LogP contribution in [0, 0.1) is 5.41 Å². The second-order valence-corrected chi connectivity index (χ2v) is 11.7. The maximum absolute atomic E-state index is 13.0. The van der Waals surface area contributed by atoms with Crippen LogP contribution in [0.15, 0.2) is 34.7 Å². The summed E-state index contributed by atoms with van der Waals surface area (Å²) in [6.45, 7) is 2.35. The summed E-state index contributed by atoms with van der Waals surface area (Å²) in [7, 11) is 1.58. The van der Waals surface area contributed by atoms with Crippen molar-refractivity contribution in [3.63, 3.8) is 0 Å². The van der Waals surface area contributed by atoms with E-state index in [1.807, 2.05) is 30.3 Å². The summed E-state index contributed by atoms with van der Waals surface area (Å²) in [6.07, 6.45) is 5.93. The van der Waals surface area contributed by atoms with Crippen LogP contribution in [0.4, 0.5) is 0 Å². The lowest BCUT2D eigenvalue weighted by Gasteiger charge is -2.38. The number of aliphatic carboxylic acids is 1. The van der Waals surface area contributed by atoms with Crippen LogP contribution in [-0.2, 0) is 29.0 Å². The van der Waals surface area contributed by atoms with Gasteiger partial charge in [-0.1, -0.05) is 37.6 Å². The van der Waals surface area contributed by atoms with Crippen molar-refractivity contribution in [2.45, 2.75) is 70.8 Å². The molecule has 208 valence electrons. The monoisotopic (exact) mass is 552 g/mol. The molecule has 2 N–H and O–H groups in total. The van der Waals surface area contributed by atoms with Gasteiger partial charge in [0.05, 0.1) is 28.6 Å². The minimum Gasteiger partial charge on any atom is -0.760 e. The fourth-order valence-corrected chi connectivity index (χ4v) is 6.04. The first-order chi connectivity index (χ1) is 18.8. The number of pyridine rings is 1. The summed E-state index contributed by atoms with van der Waals surface area (Å²) in [5.74, 6) is -0.382. The van der Waals surface area contributed by atoms with Gasteiger partial charge in [0.1, 0.15) is 5.76 Å². The number of rotatable bonds is 12. The quantitative estimate of drug-likeness (QED) is 0.304. The van der Waals surface area contributed by atoms with Crippen LogP contribution in [-0.4, -0.2) is 48.6 Å². The van der Waals surface area contributed by atoms with E-state index in [1.165, 1.54) is 9.87 Å². The predicted molar refractivity (Wildman–Crippen MR) is 147 cm³/mol. The molecule has 0 spiro atoms. The first-order valence-electron chi connectivity index (χ1n) is 13.6. The molecule has 1 unspecified atom stereocenters.